The topological polar surface area (TPSA) is 6.48 Å². The summed E-state index contributed by atoms with van der Waals surface area (Å²) in [5.41, 5.74) is 0. The van der Waals surface area contributed by atoms with Gasteiger partial charge in [0.1, 0.15) is 0 Å². The number of nitrogens with zero attached hydrogens (tertiary/aromatic N) is 2. The smallest absolute Gasteiger partial charge is 0.0120 e. The molecule has 2 fully saturated rings. The standard InChI is InChI=1S/C10H20N2S/c1-11-4-2-10(3-5-11)12-6-8-13-9-7-12/h10H,2-9H2,1H3. The van der Waals surface area contributed by atoms with Gasteiger partial charge in [-0.25, -0.2) is 0 Å². The summed E-state index contributed by atoms with van der Waals surface area (Å²) in [6, 6.07) is 0.900. The summed E-state index contributed by atoms with van der Waals surface area (Å²) >= 11 is 2.11. The molecule has 76 valence electrons. The lowest BCUT2D eigenvalue weighted by molar-refractivity contribution is 0.131. The molecular weight excluding hydrogens is 180 g/mol. The zero-order chi connectivity index (χ0) is 9.10. The lowest BCUT2D eigenvalue weighted by Crippen LogP contribution is -2.46. The molecule has 0 spiro atoms. The van der Waals surface area contributed by atoms with E-state index in [0.717, 1.165) is 6.04 Å². The molecule has 0 amide bonds. The highest BCUT2D eigenvalue weighted by Crippen LogP contribution is 2.19. The summed E-state index contributed by atoms with van der Waals surface area (Å²) < 4.78 is 0. The van der Waals surface area contributed by atoms with Crippen LogP contribution in [0.25, 0.3) is 0 Å². The number of hydrogen-bond donors (Lipinski definition) is 0. The first-order chi connectivity index (χ1) is 6.36. The lowest BCUT2D eigenvalue weighted by atomic mass is 10.0. The van der Waals surface area contributed by atoms with Crippen LogP contribution in [0.2, 0.25) is 0 Å². The van der Waals surface area contributed by atoms with Crippen molar-refractivity contribution in [3.63, 3.8) is 0 Å². The van der Waals surface area contributed by atoms with Gasteiger partial charge in [-0.3, -0.25) is 4.90 Å². The monoisotopic (exact) mass is 200 g/mol. The summed E-state index contributed by atoms with van der Waals surface area (Å²) in [5.74, 6) is 2.71. The minimum atomic E-state index is 0.900. The molecule has 13 heavy (non-hydrogen) atoms. The van der Waals surface area contributed by atoms with Crippen LogP contribution in [0.5, 0.6) is 0 Å². The van der Waals surface area contributed by atoms with Crippen LogP contribution >= 0.6 is 11.8 Å². The second-order valence-electron chi connectivity index (χ2n) is 4.18. The van der Waals surface area contributed by atoms with Crippen LogP contribution in [-0.2, 0) is 0 Å². The maximum absolute atomic E-state index is 2.71. The molecule has 2 aliphatic rings. The quantitative estimate of drug-likeness (QED) is 0.626. The molecule has 0 unspecified atom stereocenters. The fraction of sp³-hybridized carbons (Fsp3) is 1.00. The van der Waals surface area contributed by atoms with Crippen LogP contribution in [0, 0.1) is 0 Å². The maximum Gasteiger partial charge on any atom is 0.0120 e. The third-order valence-corrected chi connectivity index (χ3v) is 4.19. The van der Waals surface area contributed by atoms with Gasteiger partial charge < -0.3 is 4.90 Å². The number of hydrogen-bond acceptors (Lipinski definition) is 3. The Hall–Kier alpha value is 0.270. The van der Waals surface area contributed by atoms with Crippen molar-refractivity contribution in [3.05, 3.63) is 0 Å². The Labute approximate surface area is 85.7 Å². The Balaban J connectivity index is 1.79. The maximum atomic E-state index is 2.71. The summed E-state index contributed by atoms with van der Waals surface area (Å²) in [6.45, 7) is 5.26. The van der Waals surface area contributed by atoms with E-state index in [2.05, 4.69) is 28.6 Å². The van der Waals surface area contributed by atoms with Crippen LogP contribution in [0.1, 0.15) is 12.8 Å². The number of piperidine rings is 1. The van der Waals surface area contributed by atoms with E-state index < -0.39 is 0 Å². The zero-order valence-corrected chi connectivity index (χ0v) is 9.35. The second-order valence-corrected chi connectivity index (χ2v) is 5.41. The Kier molecular flexibility index (Phi) is 3.52. The molecule has 2 saturated heterocycles. The molecule has 0 saturated carbocycles. The van der Waals surface area contributed by atoms with Gasteiger partial charge >= 0.3 is 0 Å². The van der Waals surface area contributed by atoms with Gasteiger partial charge in [0.25, 0.3) is 0 Å². The molecule has 2 aliphatic heterocycles. The molecule has 2 rings (SSSR count). The van der Waals surface area contributed by atoms with Crippen molar-refractivity contribution in [2.45, 2.75) is 18.9 Å². The molecule has 0 aromatic rings. The Morgan fingerprint density at radius 1 is 1.00 bits per heavy atom. The first-order valence-corrected chi connectivity index (χ1v) is 6.52. The highest BCUT2D eigenvalue weighted by molar-refractivity contribution is 7.99. The minimum Gasteiger partial charge on any atom is -0.306 e. The number of thioether (sulfide) groups is 1. The Morgan fingerprint density at radius 3 is 2.23 bits per heavy atom. The van der Waals surface area contributed by atoms with Crippen molar-refractivity contribution in [3.8, 4) is 0 Å². The summed E-state index contributed by atoms with van der Waals surface area (Å²) in [5, 5.41) is 0. The van der Waals surface area contributed by atoms with Crippen LogP contribution in [0.4, 0.5) is 0 Å². The van der Waals surface area contributed by atoms with E-state index in [4.69, 9.17) is 0 Å². The predicted octanol–water partition coefficient (Wildman–Crippen LogP) is 1.13. The van der Waals surface area contributed by atoms with E-state index in [-0.39, 0.29) is 0 Å². The fourth-order valence-corrected chi connectivity index (χ4v) is 3.23. The third-order valence-electron chi connectivity index (χ3n) is 3.25. The van der Waals surface area contributed by atoms with Gasteiger partial charge in [-0.2, -0.15) is 11.8 Å². The SMILES string of the molecule is CN1CCC(N2CCSCC2)CC1. The molecule has 0 bridgehead atoms. The molecule has 0 atom stereocenters. The molecule has 3 heteroatoms. The molecular formula is C10H20N2S. The molecule has 2 nitrogen and oxygen atoms in total. The molecule has 0 N–H and O–H groups in total. The largest absolute Gasteiger partial charge is 0.306 e. The highest BCUT2D eigenvalue weighted by atomic mass is 32.2. The predicted molar refractivity (Wildman–Crippen MR) is 59.4 cm³/mol. The average molecular weight is 200 g/mol. The van der Waals surface area contributed by atoms with Crippen molar-refractivity contribution in [2.24, 2.45) is 0 Å². The summed E-state index contributed by atoms with van der Waals surface area (Å²) in [4.78, 5) is 5.17. The molecule has 0 aromatic heterocycles. The lowest BCUT2D eigenvalue weighted by Gasteiger charge is -2.39. The first-order valence-electron chi connectivity index (χ1n) is 5.36. The number of likely N-dealkylation sites (tertiary alicyclic amines) is 1. The summed E-state index contributed by atoms with van der Waals surface area (Å²) in [6.07, 6.45) is 2.78. The van der Waals surface area contributed by atoms with Gasteiger partial charge in [0.15, 0.2) is 0 Å². The van der Waals surface area contributed by atoms with Crippen molar-refractivity contribution in [1.82, 2.24) is 9.80 Å². The van der Waals surface area contributed by atoms with Gasteiger partial charge in [-0.15, -0.1) is 0 Å². The highest BCUT2D eigenvalue weighted by Gasteiger charge is 2.23. The van der Waals surface area contributed by atoms with Gasteiger partial charge in [0.2, 0.25) is 0 Å². The van der Waals surface area contributed by atoms with Crippen molar-refractivity contribution < 1.29 is 0 Å². The molecule has 0 radical (unpaired) electrons. The average Bonchev–Trinajstić information content (AvgIpc) is 2.20. The normalized spacial score (nSPS) is 29.3. The van der Waals surface area contributed by atoms with Gasteiger partial charge in [0, 0.05) is 30.6 Å². The van der Waals surface area contributed by atoms with E-state index in [9.17, 15) is 0 Å². The van der Waals surface area contributed by atoms with Crippen LogP contribution in [0.3, 0.4) is 0 Å². The van der Waals surface area contributed by atoms with Crippen LogP contribution < -0.4 is 0 Å². The van der Waals surface area contributed by atoms with Gasteiger partial charge in [-0.1, -0.05) is 0 Å². The van der Waals surface area contributed by atoms with Crippen molar-refractivity contribution in [1.29, 1.82) is 0 Å². The fourth-order valence-electron chi connectivity index (χ4n) is 2.30. The second kappa shape index (κ2) is 4.67. The molecule has 0 aromatic carbocycles. The van der Waals surface area contributed by atoms with E-state index in [1.165, 1.54) is 50.5 Å². The Morgan fingerprint density at radius 2 is 1.62 bits per heavy atom. The van der Waals surface area contributed by atoms with Crippen LogP contribution in [0.15, 0.2) is 0 Å². The van der Waals surface area contributed by atoms with Gasteiger partial charge in [0.05, 0.1) is 0 Å². The van der Waals surface area contributed by atoms with E-state index in [0.29, 0.717) is 0 Å². The first kappa shape index (κ1) is 9.81. The number of rotatable bonds is 1. The third kappa shape index (κ3) is 2.61. The van der Waals surface area contributed by atoms with E-state index >= 15 is 0 Å². The van der Waals surface area contributed by atoms with Crippen LogP contribution in [-0.4, -0.2) is 60.6 Å². The van der Waals surface area contributed by atoms with E-state index in [1.807, 2.05) is 0 Å². The van der Waals surface area contributed by atoms with E-state index in [1.54, 1.807) is 0 Å². The minimum absolute atomic E-state index is 0.900. The molecule has 0 aliphatic carbocycles. The van der Waals surface area contributed by atoms with Gasteiger partial charge in [-0.05, 0) is 33.0 Å². The summed E-state index contributed by atoms with van der Waals surface area (Å²) in [7, 11) is 2.24. The van der Waals surface area contributed by atoms with Crippen molar-refractivity contribution in [2.75, 3.05) is 44.7 Å². The van der Waals surface area contributed by atoms with Crippen molar-refractivity contribution >= 4 is 11.8 Å². The zero-order valence-electron chi connectivity index (χ0n) is 8.54. The molecule has 2 heterocycles. The Bertz CT molecular complexity index is 149.